The third kappa shape index (κ3) is 3.67. The summed E-state index contributed by atoms with van der Waals surface area (Å²) in [5.41, 5.74) is 1.47. The van der Waals surface area contributed by atoms with E-state index < -0.39 is 6.10 Å². The van der Waals surface area contributed by atoms with Gasteiger partial charge in [0.25, 0.3) is 0 Å². The van der Waals surface area contributed by atoms with Gasteiger partial charge in [-0.2, -0.15) is 0 Å². The summed E-state index contributed by atoms with van der Waals surface area (Å²) in [6, 6.07) is 12.8. The molecule has 0 heterocycles. The van der Waals surface area contributed by atoms with E-state index in [0.717, 1.165) is 11.3 Å². The largest absolute Gasteiger partial charge is 0.497 e. The van der Waals surface area contributed by atoms with Crippen molar-refractivity contribution in [3.05, 3.63) is 53.6 Å². The molecule has 0 aliphatic carbocycles. The fraction of sp³-hybridized carbons (Fsp3) is 0.294. The van der Waals surface area contributed by atoms with Gasteiger partial charge in [0.15, 0.2) is 0 Å². The molecule has 2 rings (SSSR count). The van der Waals surface area contributed by atoms with Gasteiger partial charge >= 0.3 is 0 Å². The maximum absolute atomic E-state index is 10.6. The van der Waals surface area contributed by atoms with Crippen molar-refractivity contribution in [2.24, 2.45) is 0 Å². The molecule has 2 aromatic rings. The third-order valence-electron chi connectivity index (χ3n) is 3.17. The van der Waals surface area contributed by atoms with Gasteiger partial charge in [0.05, 0.1) is 20.8 Å². The minimum absolute atomic E-state index is 0.590. The zero-order valence-corrected chi connectivity index (χ0v) is 12.5. The number of rotatable bonds is 6. The SMILES string of the molecule is CCOc1cccc(C(O)c2cc(OC)cc(OC)c2)c1. The van der Waals surface area contributed by atoms with E-state index >= 15 is 0 Å². The molecule has 0 amide bonds. The summed E-state index contributed by atoms with van der Waals surface area (Å²) in [6.45, 7) is 2.52. The highest BCUT2D eigenvalue weighted by atomic mass is 16.5. The van der Waals surface area contributed by atoms with Gasteiger partial charge in [0, 0.05) is 6.07 Å². The lowest BCUT2D eigenvalue weighted by Gasteiger charge is -2.15. The standard InChI is InChI=1S/C17H20O4/c1-4-21-14-7-5-6-12(8-14)17(18)13-9-15(19-2)11-16(10-13)20-3/h5-11,17-18H,4H2,1-3H3. The van der Waals surface area contributed by atoms with E-state index in [2.05, 4.69) is 0 Å². The van der Waals surface area contributed by atoms with Crippen LogP contribution < -0.4 is 14.2 Å². The molecule has 21 heavy (non-hydrogen) atoms. The number of hydrogen-bond acceptors (Lipinski definition) is 4. The molecule has 1 N–H and O–H groups in total. The average Bonchev–Trinajstić information content (AvgIpc) is 2.54. The Bertz CT molecular complexity index is 573. The van der Waals surface area contributed by atoms with E-state index in [1.54, 1.807) is 32.4 Å². The van der Waals surface area contributed by atoms with Gasteiger partial charge in [-0.15, -0.1) is 0 Å². The average molecular weight is 288 g/mol. The van der Waals surface area contributed by atoms with Gasteiger partial charge in [-0.1, -0.05) is 12.1 Å². The second-order valence-electron chi connectivity index (χ2n) is 4.55. The molecule has 2 aromatic carbocycles. The fourth-order valence-electron chi connectivity index (χ4n) is 2.12. The van der Waals surface area contributed by atoms with Crippen LogP contribution in [0.5, 0.6) is 17.2 Å². The lowest BCUT2D eigenvalue weighted by Crippen LogP contribution is -2.02. The molecule has 0 saturated heterocycles. The first-order chi connectivity index (χ1) is 10.2. The molecule has 0 aromatic heterocycles. The second-order valence-corrected chi connectivity index (χ2v) is 4.55. The van der Waals surface area contributed by atoms with Gasteiger partial charge in [0.2, 0.25) is 0 Å². The van der Waals surface area contributed by atoms with Crippen molar-refractivity contribution in [3.63, 3.8) is 0 Å². The van der Waals surface area contributed by atoms with Crippen LogP contribution in [-0.4, -0.2) is 25.9 Å². The monoisotopic (exact) mass is 288 g/mol. The summed E-state index contributed by atoms with van der Waals surface area (Å²) in [5, 5.41) is 10.6. The molecule has 0 spiro atoms. The van der Waals surface area contributed by atoms with Crippen LogP contribution in [0.25, 0.3) is 0 Å². The Labute approximate surface area is 124 Å². The van der Waals surface area contributed by atoms with E-state index in [4.69, 9.17) is 14.2 Å². The molecule has 0 saturated carbocycles. The molecule has 0 radical (unpaired) electrons. The second kappa shape index (κ2) is 6.99. The summed E-state index contributed by atoms with van der Waals surface area (Å²) < 4.78 is 15.9. The molecule has 1 unspecified atom stereocenters. The van der Waals surface area contributed by atoms with Crippen molar-refractivity contribution in [3.8, 4) is 17.2 Å². The molecular formula is C17H20O4. The van der Waals surface area contributed by atoms with Gasteiger partial charge in [0.1, 0.15) is 23.4 Å². The van der Waals surface area contributed by atoms with Crippen LogP contribution in [0.3, 0.4) is 0 Å². The topological polar surface area (TPSA) is 47.9 Å². The van der Waals surface area contributed by atoms with Crippen LogP contribution in [0.4, 0.5) is 0 Å². The van der Waals surface area contributed by atoms with E-state index in [1.807, 2.05) is 31.2 Å². The normalized spacial score (nSPS) is 11.8. The van der Waals surface area contributed by atoms with Gasteiger partial charge in [-0.05, 0) is 42.3 Å². The van der Waals surface area contributed by atoms with E-state index in [1.165, 1.54) is 0 Å². The zero-order valence-electron chi connectivity index (χ0n) is 12.5. The minimum atomic E-state index is -0.769. The fourth-order valence-corrected chi connectivity index (χ4v) is 2.12. The highest BCUT2D eigenvalue weighted by molar-refractivity contribution is 5.43. The lowest BCUT2D eigenvalue weighted by atomic mass is 10.0. The highest BCUT2D eigenvalue weighted by Gasteiger charge is 2.14. The van der Waals surface area contributed by atoms with Gasteiger partial charge in [-0.3, -0.25) is 0 Å². The number of methoxy groups -OCH3 is 2. The quantitative estimate of drug-likeness (QED) is 0.887. The summed E-state index contributed by atoms with van der Waals surface area (Å²) in [7, 11) is 3.17. The van der Waals surface area contributed by atoms with Crippen LogP contribution in [0, 0.1) is 0 Å². The maximum Gasteiger partial charge on any atom is 0.122 e. The zero-order chi connectivity index (χ0) is 15.2. The number of hydrogen-bond donors (Lipinski definition) is 1. The van der Waals surface area contributed by atoms with Crippen molar-refractivity contribution in [2.45, 2.75) is 13.0 Å². The summed E-state index contributed by atoms with van der Waals surface area (Å²) in [5.74, 6) is 2.03. The highest BCUT2D eigenvalue weighted by Crippen LogP contribution is 2.31. The van der Waals surface area contributed by atoms with E-state index in [0.29, 0.717) is 23.7 Å². The van der Waals surface area contributed by atoms with Crippen molar-refractivity contribution in [1.29, 1.82) is 0 Å². The van der Waals surface area contributed by atoms with Crippen LogP contribution in [0.15, 0.2) is 42.5 Å². The maximum atomic E-state index is 10.6. The van der Waals surface area contributed by atoms with E-state index in [-0.39, 0.29) is 0 Å². The van der Waals surface area contributed by atoms with Crippen molar-refractivity contribution >= 4 is 0 Å². The van der Waals surface area contributed by atoms with E-state index in [9.17, 15) is 5.11 Å². The summed E-state index contributed by atoms with van der Waals surface area (Å²) in [6.07, 6.45) is -0.769. The number of aliphatic hydroxyl groups excluding tert-OH is 1. The number of aliphatic hydroxyl groups is 1. The predicted molar refractivity (Wildman–Crippen MR) is 81.2 cm³/mol. The molecule has 0 aliphatic rings. The number of ether oxygens (including phenoxy) is 3. The van der Waals surface area contributed by atoms with Crippen LogP contribution in [0.1, 0.15) is 24.2 Å². The van der Waals surface area contributed by atoms with Gasteiger partial charge in [-0.25, -0.2) is 0 Å². The molecular weight excluding hydrogens is 268 g/mol. The Morgan fingerprint density at radius 1 is 0.905 bits per heavy atom. The lowest BCUT2D eigenvalue weighted by molar-refractivity contribution is 0.218. The third-order valence-corrected chi connectivity index (χ3v) is 3.17. The molecule has 0 aliphatic heterocycles. The minimum Gasteiger partial charge on any atom is -0.497 e. The smallest absolute Gasteiger partial charge is 0.122 e. The molecule has 0 fully saturated rings. The number of benzene rings is 2. The Balaban J connectivity index is 2.34. The van der Waals surface area contributed by atoms with Gasteiger partial charge < -0.3 is 19.3 Å². The van der Waals surface area contributed by atoms with Crippen molar-refractivity contribution in [2.75, 3.05) is 20.8 Å². The molecule has 0 bridgehead atoms. The predicted octanol–water partition coefficient (Wildman–Crippen LogP) is 3.18. The Hall–Kier alpha value is -2.20. The van der Waals surface area contributed by atoms with Crippen molar-refractivity contribution in [1.82, 2.24) is 0 Å². The Kier molecular flexibility index (Phi) is 5.06. The first-order valence-corrected chi connectivity index (χ1v) is 6.81. The Morgan fingerprint density at radius 3 is 2.10 bits per heavy atom. The van der Waals surface area contributed by atoms with Crippen molar-refractivity contribution < 1.29 is 19.3 Å². The van der Waals surface area contributed by atoms with Crippen LogP contribution >= 0.6 is 0 Å². The molecule has 4 heteroatoms. The first-order valence-electron chi connectivity index (χ1n) is 6.81. The first kappa shape index (κ1) is 15.2. The molecule has 112 valence electrons. The molecule has 4 nitrogen and oxygen atoms in total. The van der Waals surface area contributed by atoms with Crippen LogP contribution in [0.2, 0.25) is 0 Å². The molecule has 1 atom stereocenters. The Morgan fingerprint density at radius 2 is 1.52 bits per heavy atom. The summed E-state index contributed by atoms with van der Waals surface area (Å²) >= 11 is 0. The van der Waals surface area contributed by atoms with Crippen LogP contribution in [-0.2, 0) is 0 Å². The summed E-state index contributed by atoms with van der Waals surface area (Å²) in [4.78, 5) is 0.